The molecule has 0 aliphatic rings. The standard InChI is InChI=1S/C20H17N5O4S/c1-12-23-24-20(30-12)21-17(26)11-28-16-5-3-4-14(10-16)19-22-18(25-29-19)13-6-8-15(27-2)9-7-13/h3-10H,11H2,1-2H3,(H,21,24,26). The molecular formula is C20H17N5O4S. The van der Waals surface area contributed by atoms with E-state index in [1.54, 1.807) is 25.3 Å². The quantitative estimate of drug-likeness (QED) is 0.480. The molecule has 0 saturated carbocycles. The number of aromatic nitrogens is 4. The van der Waals surface area contributed by atoms with E-state index in [-0.39, 0.29) is 12.5 Å². The Bertz CT molecular complexity index is 1160. The van der Waals surface area contributed by atoms with Gasteiger partial charge in [0.05, 0.1) is 7.11 Å². The van der Waals surface area contributed by atoms with Crippen molar-refractivity contribution in [2.45, 2.75) is 6.92 Å². The molecule has 0 fully saturated rings. The van der Waals surface area contributed by atoms with Gasteiger partial charge in [0.25, 0.3) is 11.8 Å². The van der Waals surface area contributed by atoms with E-state index in [2.05, 4.69) is 25.7 Å². The number of carbonyl (C=O) groups excluding carboxylic acids is 1. The molecular weight excluding hydrogens is 406 g/mol. The van der Waals surface area contributed by atoms with Gasteiger partial charge in [0.15, 0.2) is 6.61 Å². The summed E-state index contributed by atoms with van der Waals surface area (Å²) in [5, 5.41) is 15.6. The number of methoxy groups -OCH3 is 1. The molecule has 1 amide bonds. The van der Waals surface area contributed by atoms with Gasteiger partial charge in [-0.3, -0.25) is 10.1 Å². The van der Waals surface area contributed by atoms with Crippen molar-refractivity contribution in [3.8, 4) is 34.3 Å². The van der Waals surface area contributed by atoms with Crippen LogP contribution in [0.4, 0.5) is 5.13 Å². The topological polar surface area (TPSA) is 112 Å². The van der Waals surface area contributed by atoms with Crippen LogP contribution >= 0.6 is 11.3 Å². The summed E-state index contributed by atoms with van der Waals surface area (Å²) in [6, 6.07) is 14.4. The maximum absolute atomic E-state index is 12.0. The van der Waals surface area contributed by atoms with E-state index < -0.39 is 0 Å². The predicted molar refractivity (Wildman–Crippen MR) is 110 cm³/mol. The minimum Gasteiger partial charge on any atom is -0.497 e. The third-order valence-corrected chi connectivity index (χ3v) is 4.75. The van der Waals surface area contributed by atoms with E-state index in [4.69, 9.17) is 14.0 Å². The van der Waals surface area contributed by atoms with Crippen molar-refractivity contribution in [2.24, 2.45) is 0 Å². The molecule has 0 saturated heterocycles. The summed E-state index contributed by atoms with van der Waals surface area (Å²) in [6.45, 7) is 1.65. The van der Waals surface area contributed by atoms with Gasteiger partial charge in [0.1, 0.15) is 16.5 Å². The van der Waals surface area contributed by atoms with Gasteiger partial charge in [0, 0.05) is 11.1 Å². The Morgan fingerprint density at radius 1 is 1.10 bits per heavy atom. The maximum Gasteiger partial charge on any atom is 0.264 e. The second-order valence-corrected chi connectivity index (χ2v) is 7.32. The first-order chi connectivity index (χ1) is 14.6. The van der Waals surface area contributed by atoms with Crippen LogP contribution in [0.2, 0.25) is 0 Å². The van der Waals surface area contributed by atoms with E-state index in [1.807, 2.05) is 37.3 Å². The smallest absolute Gasteiger partial charge is 0.264 e. The highest BCUT2D eigenvalue weighted by atomic mass is 32.1. The number of aryl methyl sites for hydroxylation is 1. The zero-order chi connectivity index (χ0) is 20.9. The van der Waals surface area contributed by atoms with Crippen molar-refractivity contribution >= 4 is 22.4 Å². The second-order valence-electron chi connectivity index (χ2n) is 6.14. The normalized spacial score (nSPS) is 10.6. The van der Waals surface area contributed by atoms with E-state index in [1.165, 1.54) is 11.3 Å². The lowest BCUT2D eigenvalue weighted by Crippen LogP contribution is -2.20. The van der Waals surface area contributed by atoms with Crippen molar-refractivity contribution in [2.75, 3.05) is 19.0 Å². The molecule has 30 heavy (non-hydrogen) atoms. The van der Waals surface area contributed by atoms with E-state index >= 15 is 0 Å². The summed E-state index contributed by atoms with van der Waals surface area (Å²) < 4.78 is 16.1. The fourth-order valence-corrected chi connectivity index (χ4v) is 3.18. The van der Waals surface area contributed by atoms with Crippen molar-refractivity contribution in [1.82, 2.24) is 20.3 Å². The molecule has 152 valence electrons. The number of ether oxygens (including phenoxy) is 2. The second kappa shape index (κ2) is 8.70. The van der Waals surface area contributed by atoms with E-state index in [9.17, 15) is 4.79 Å². The molecule has 4 aromatic rings. The van der Waals surface area contributed by atoms with E-state index in [0.717, 1.165) is 16.3 Å². The lowest BCUT2D eigenvalue weighted by Gasteiger charge is -2.06. The predicted octanol–water partition coefficient (Wildman–Crippen LogP) is 3.59. The largest absolute Gasteiger partial charge is 0.497 e. The number of amides is 1. The highest BCUT2D eigenvalue weighted by molar-refractivity contribution is 7.15. The van der Waals surface area contributed by atoms with Crippen LogP contribution in [-0.2, 0) is 4.79 Å². The molecule has 0 aliphatic heterocycles. The van der Waals surface area contributed by atoms with Gasteiger partial charge in [-0.05, 0) is 49.4 Å². The first kappa shape index (κ1) is 19.5. The third-order valence-electron chi connectivity index (χ3n) is 4.00. The summed E-state index contributed by atoms with van der Waals surface area (Å²) in [5.74, 6) is 1.74. The minimum atomic E-state index is -0.323. The molecule has 2 aromatic carbocycles. The molecule has 0 spiro atoms. The molecule has 0 radical (unpaired) electrons. The van der Waals surface area contributed by atoms with Gasteiger partial charge in [0.2, 0.25) is 11.0 Å². The summed E-state index contributed by atoms with van der Waals surface area (Å²) in [5.41, 5.74) is 1.49. The number of hydrogen-bond acceptors (Lipinski definition) is 9. The number of carbonyl (C=O) groups is 1. The summed E-state index contributed by atoms with van der Waals surface area (Å²) in [7, 11) is 1.61. The van der Waals surface area contributed by atoms with Crippen molar-refractivity contribution in [1.29, 1.82) is 0 Å². The van der Waals surface area contributed by atoms with Crippen LogP contribution in [0, 0.1) is 6.92 Å². The molecule has 0 atom stereocenters. The number of nitrogens with one attached hydrogen (secondary N) is 1. The summed E-state index contributed by atoms with van der Waals surface area (Å²) >= 11 is 1.30. The maximum atomic E-state index is 12.0. The molecule has 2 aromatic heterocycles. The van der Waals surface area contributed by atoms with Crippen LogP contribution in [-0.4, -0.2) is 40.0 Å². The first-order valence-electron chi connectivity index (χ1n) is 8.92. The number of anilines is 1. The van der Waals surface area contributed by atoms with Gasteiger partial charge in [-0.1, -0.05) is 22.6 Å². The molecule has 0 aliphatic carbocycles. The molecule has 2 heterocycles. The Balaban J connectivity index is 1.41. The van der Waals surface area contributed by atoms with Gasteiger partial charge >= 0.3 is 0 Å². The SMILES string of the molecule is COc1ccc(-c2noc(-c3cccc(OCC(=O)Nc4nnc(C)s4)c3)n2)cc1. The number of nitrogens with zero attached hydrogens (tertiary/aromatic N) is 4. The molecule has 9 nitrogen and oxygen atoms in total. The number of benzene rings is 2. The van der Waals surface area contributed by atoms with Crippen LogP contribution in [0.3, 0.4) is 0 Å². The van der Waals surface area contributed by atoms with Crippen LogP contribution < -0.4 is 14.8 Å². The van der Waals surface area contributed by atoms with Gasteiger partial charge in [-0.15, -0.1) is 10.2 Å². The molecule has 1 N–H and O–H groups in total. The summed E-state index contributed by atoms with van der Waals surface area (Å²) in [6.07, 6.45) is 0. The minimum absolute atomic E-state index is 0.164. The van der Waals surface area contributed by atoms with Crippen LogP contribution in [0.5, 0.6) is 11.5 Å². The fraction of sp³-hybridized carbons (Fsp3) is 0.150. The molecule has 0 bridgehead atoms. The summed E-state index contributed by atoms with van der Waals surface area (Å²) in [4.78, 5) is 16.4. The Morgan fingerprint density at radius 2 is 1.93 bits per heavy atom. The van der Waals surface area contributed by atoms with Crippen molar-refractivity contribution < 1.29 is 18.8 Å². The Kier molecular flexibility index (Phi) is 5.66. The first-order valence-corrected chi connectivity index (χ1v) is 9.74. The lowest BCUT2D eigenvalue weighted by molar-refractivity contribution is -0.118. The van der Waals surface area contributed by atoms with Crippen LogP contribution in [0.1, 0.15) is 5.01 Å². The van der Waals surface area contributed by atoms with Crippen molar-refractivity contribution in [3.63, 3.8) is 0 Å². The monoisotopic (exact) mass is 423 g/mol. The van der Waals surface area contributed by atoms with Crippen molar-refractivity contribution in [3.05, 3.63) is 53.5 Å². The lowest BCUT2D eigenvalue weighted by atomic mass is 10.2. The Morgan fingerprint density at radius 3 is 2.67 bits per heavy atom. The molecule has 4 rings (SSSR count). The molecule has 10 heteroatoms. The average molecular weight is 423 g/mol. The van der Waals surface area contributed by atoms with E-state index in [0.29, 0.717) is 28.2 Å². The zero-order valence-electron chi connectivity index (χ0n) is 16.2. The Labute approximate surface area is 175 Å². The van der Waals surface area contributed by atoms with Crippen LogP contribution in [0.15, 0.2) is 53.1 Å². The highest BCUT2D eigenvalue weighted by Crippen LogP contribution is 2.26. The zero-order valence-corrected chi connectivity index (χ0v) is 17.0. The number of rotatable bonds is 7. The molecule has 0 unspecified atom stereocenters. The van der Waals surface area contributed by atoms with Gasteiger partial charge < -0.3 is 14.0 Å². The van der Waals surface area contributed by atoms with Crippen LogP contribution in [0.25, 0.3) is 22.8 Å². The van der Waals surface area contributed by atoms with Gasteiger partial charge in [-0.2, -0.15) is 4.98 Å². The highest BCUT2D eigenvalue weighted by Gasteiger charge is 2.12. The Hall–Kier alpha value is -3.79. The fourth-order valence-electron chi connectivity index (χ4n) is 2.57. The van der Waals surface area contributed by atoms with Gasteiger partial charge in [-0.25, -0.2) is 0 Å². The third kappa shape index (κ3) is 4.61. The number of hydrogen-bond donors (Lipinski definition) is 1. The average Bonchev–Trinajstić information content (AvgIpc) is 3.42.